The largest absolute Gasteiger partial charge is 0.349 e. The molecular formula is C14H13BrClN3. The Morgan fingerprint density at radius 2 is 2.26 bits per heavy atom. The zero-order valence-electron chi connectivity index (χ0n) is 10.3. The molecule has 1 aliphatic rings. The molecule has 0 aliphatic carbocycles. The van der Waals surface area contributed by atoms with Crippen LogP contribution in [0, 0.1) is 0 Å². The average Bonchev–Trinajstić information content (AvgIpc) is 2.89. The van der Waals surface area contributed by atoms with E-state index in [0.29, 0.717) is 11.1 Å². The quantitative estimate of drug-likeness (QED) is 0.820. The van der Waals surface area contributed by atoms with Crippen LogP contribution in [-0.2, 0) is 0 Å². The molecule has 2 aromatic rings. The van der Waals surface area contributed by atoms with Gasteiger partial charge in [-0.1, -0.05) is 17.7 Å². The molecule has 0 amide bonds. The van der Waals surface area contributed by atoms with Gasteiger partial charge in [0, 0.05) is 25.1 Å². The van der Waals surface area contributed by atoms with E-state index < -0.39 is 0 Å². The first-order chi connectivity index (χ1) is 9.25. The molecule has 1 saturated heterocycles. The van der Waals surface area contributed by atoms with Crippen molar-refractivity contribution in [3.63, 3.8) is 0 Å². The van der Waals surface area contributed by atoms with Gasteiger partial charge in [-0.3, -0.25) is 4.98 Å². The van der Waals surface area contributed by atoms with Crippen LogP contribution in [0.3, 0.4) is 0 Å². The topological polar surface area (TPSA) is 29.0 Å². The fourth-order valence-electron chi connectivity index (χ4n) is 2.56. The lowest BCUT2D eigenvalue weighted by Crippen LogP contribution is -2.24. The van der Waals surface area contributed by atoms with Gasteiger partial charge in [-0.15, -0.1) is 0 Å². The van der Waals surface area contributed by atoms with Crippen LogP contribution in [0.4, 0.5) is 5.82 Å². The van der Waals surface area contributed by atoms with Crippen LogP contribution in [0.15, 0.2) is 41.3 Å². The Bertz CT molecular complexity index is 576. The van der Waals surface area contributed by atoms with Crippen LogP contribution in [-0.4, -0.2) is 16.5 Å². The van der Waals surface area contributed by atoms with Crippen molar-refractivity contribution in [2.75, 3.05) is 11.4 Å². The highest BCUT2D eigenvalue weighted by atomic mass is 79.9. The van der Waals surface area contributed by atoms with Gasteiger partial charge in [0.1, 0.15) is 5.82 Å². The Morgan fingerprint density at radius 3 is 3.00 bits per heavy atom. The molecule has 0 N–H and O–H groups in total. The lowest BCUT2D eigenvalue weighted by atomic mass is 10.1. The zero-order chi connectivity index (χ0) is 13.2. The number of hydrogen-bond donors (Lipinski definition) is 0. The molecule has 1 unspecified atom stereocenters. The van der Waals surface area contributed by atoms with Gasteiger partial charge in [0.2, 0.25) is 0 Å². The smallest absolute Gasteiger partial charge is 0.143 e. The number of pyridine rings is 2. The lowest BCUT2D eigenvalue weighted by molar-refractivity contribution is 0.707. The van der Waals surface area contributed by atoms with Crippen molar-refractivity contribution in [1.82, 2.24) is 9.97 Å². The highest BCUT2D eigenvalue weighted by Crippen LogP contribution is 2.38. The summed E-state index contributed by atoms with van der Waals surface area (Å²) in [6.07, 6.45) is 7.73. The Labute approximate surface area is 125 Å². The van der Waals surface area contributed by atoms with Crippen molar-refractivity contribution in [3.8, 4) is 0 Å². The maximum absolute atomic E-state index is 5.96. The number of anilines is 1. The van der Waals surface area contributed by atoms with E-state index in [1.807, 2.05) is 18.3 Å². The van der Waals surface area contributed by atoms with Crippen molar-refractivity contribution in [3.05, 3.63) is 51.8 Å². The molecule has 3 heterocycles. The normalized spacial score (nSPS) is 18.8. The first kappa shape index (κ1) is 12.9. The van der Waals surface area contributed by atoms with Gasteiger partial charge in [0.05, 0.1) is 15.5 Å². The van der Waals surface area contributed by atoms with E-state index in [1.165, 1.54) is 5.56 Å². The molecule has 98 valence electrons. The van der Waals surface area contributed by atoms with Crippen LogP contribution >= 0.6 is 27.5 Å². The fraction of sp³-hybridized carbons (Fsp3) is 0.286. The molecule has 2 aromatic heterocycles. The van der Waals surface area contributed by atoms with E-state index >= 15 is 0 Å². The Balaban J connectivity index is 1.95. The predicted molar refractivity (Wildman–Crippen MR) is 80.5 cm³/mol. The van der Waals surface area contributed by atoms with Crippen molar-refractivity contribution in [2.45, 2.75) is 18.9 Å². The number of halogens is 2. The second kappa shape index (κ2) is 5.47. The standard InChI is InChI=1S/C14H13BrClN3/c15-12-7-11(16)9-18-14(12)19-6-2-4-13(19)10-3-1-5-17-8-10/h1,3,5,7-9,13H,2,4,6H2. The predicted octanol–water partition coefficient (Wildman–Crippen LogP) is 4.23. The molecule has 1 fully saturated rings. The molecular weight excluding hydrogens is 326 g/mol. The monoisotopic (exact) mass is 337 g/mol. The van der Waals surface area contributed by atoms with E-state index in [1.54, 1.807) is 12.4 Å². The third-order valence-electron chi connectivity index (χ3n) is 3.38. The first-order valence-corrected chi connectivity index (χ1v) is 7.40. The van der Waals surface area contributed by atoms with Gasteiger partial charge in [0.15, 0.2) is 0 Å². The minimum atomic E-state index is 0.346. The first-order valence-electron chi connectivity index (χ1n) is 6.23. The van der Waals surface area contributed by atoms with Gasteiger partial charge in [-0.25, -0.2) is 4.98 Å². The molecule has 1 aliphatic heterocycles. The van der Waals surface area contributed by atoms with E-state index in [4.69, 9.17) is 11.6 Å². The van der Waals surface area contributed by atoms with Gasteiger partial charge in [-0.2, -0.15) is 0 Å². The van der Waals surface area contributed by atoms with E-state index in [0.717, 1.165) is 29.7 Å². The van der Waals surface area contributed by atoms with Gasteiger partial charge < -0.3 is 4.90 Å². The van der Waals surface area contributed by atoms with E-state index in [2.05, 4.69) is 36.9 Å². The molecule has 1 atom stereocenters. The Kier molecular flexibility index (Phi) is 3.71. The maximum Gasteiger partial charge on any atom is 0.143 e. The number of hydrogen-bond acceptors (Lipinski definition) is 3. The fourth-order valence-corrected chi connectivity index (χ4v) is 3.43. The molecule has 3 nitrogen and oxygen atoms in total. The van der Waals surface area contributed by atoms with Gasteiger partial charge in [0.25, 0.3) is 0 Å². The second-order valence-electron chi connectivity index (χ2n) is 4.60. The summed E-state index contributed by atoms with van der Waals surface area (Å²) in [6, 6.07) is 6.34. The van der Waals surface area contributed by atoms with Crippen molar-refractivity contribution in [2.24, 2.45) is 0 Å². The van der Waals surface area contributed by atoms with Crippen molar-refractivity contribution >= 4 is 33.3 Å². The number of aromatic nitrogens is 2. The third-order valence-corrected chi connectivity index (χ3v) is 4.17. The minimum Gasteiger partial charge on any atom is -0.349 e. The molecule has 0 spiro atoms. The Morgan fingerprint density at radius 1 is 1.37 bits per heavy atom. The molecule has 0 saturated carbocycles. The van der Waals surface area contributed by atoms with Crippen molar-refractivity contribution in [1.29, 1.82) is 0 Å². The maximum atomic E-state index is 5.96. The molecule has 19 heavy (non-hydrogen) atoms. The summed E-state index contributed by atoms with van der Waals surface area (Å²) >= 11 is 9.51. The van der Waals surface area contributed by atoms with E-state index in [-0.39, 0.29) is 0 Å². The average molecular weight is 339 g/mol. The van der Waals surface area contributed by atoms with Crippen LogP contribution in [0.2, 0.25) is 5.02 Å². The van der Waals surface area contributed by atoms with Crippen LogP contribution < -0.4 is 4.90 Å². The zero-order valence-corrected chi connectivity index (χ0v) is 12.6. The molecule has 0 aromatic carbocycles. The van der Waals surface area contributed by atoms with Crippen LogP contribution in [0.1, 0.15) is 24.4 Å². The summed E-state index contributed by atoms with van der Waals surface area (Å²) < 4.78 is 0.941. The number of rotatable bonds is 2. The summed E-state index contributed by atoms with van der Waals surface area (Å²) in [4.78, 5) is 11.0. The van der Waals surface area contributed by atoms with Gasteiger partial charge in [-0.05, 0) is 46.5 Å². The third kappa shape index (κ3) is 2.60. The van der Waals surface area contributed by atoms with Crippen LogP contribution in [0.25, 0.3) is 0 Å². The SMILES string of the molecule is Clc1cnc(N2CCCC2c2cccnc2)c(Br)c1. The molecule has 0 bridgehead atoms. The Hall–Kier alpha value is -1.13. The highest BCUT2D eigenvalue weighted by molar-refractivity contribution is 9.10. The molecule has 3 rings (SSSR count). The summed E-state index contributed by atoms with van der Waals surface area (Å²) in [5.41, 5.74) is 1.24. The van der Waals surface area contributed by atoms with Gasteiger partial charge >= 0.3 is 0 Å². The second-order valence-corrected chi connectivity index (χ2v) is 5.89. The highest BCUT2D eigenvalue weighted by Gasteiger charge is 2.28. The molecule has 0 radical (unpaired) electrons. The lowest BCUT2D eigenvalue weighted by Gasteiger charge is -2.26. The van der Waals surface area contributed by atoms with Crippen LogP contribution in [0.5, 0.6) is 0 Å². The minimum absolute atomic E-state index is 0.346. The van der Waals surface area contributed by atoms with Crippen molar-refractivity contribution < 1.29 is 0 Å². The molecule has 5 heteroatoms. The summed E-state index contributed by atoms with van der Waals surface area (Å²) in [5, 5.41) is 0.646. The summed E-state index contributed by atoms with van der Waals surface area (Å²) in [7, 11) is 0. The summed E-state index contributed by atoms with van der Waals surface area (Å²) in [5.74, 6) is 0.954. The van der Waals surface area contributed by atoms with E-state index in [9.17, 15) is 0 Å². The number of nitrogens with zero attached hydrogens (tertiary/aromatic N) is 3. The summed E-state index contributed by atoms with van der Waals surface area (Å²) in [6.45, 7) is 1.01.